The van der Waals surface area contributed by atoms with Gasteiger partial charge in [-0.05, 0) is 24.3 Å². The Morgan fingerprint density at radius 2 is 2.00 bits per heavy atom. The molecule has 18 heavy (non-hydrogen) atoms. The number of pyridine rings is 1. The van der Waals surface area contributed by atoms with Gasteiger partial charge in [0.2, 0.25) is 5.95 Å². The average molecular weight is 240 g/mol. The summed E-state index contributed by atoms with van der Waals surface area (Å²) in [7, 11) is 3.44. The second-order valence-electron chi connectivity index (χ2n) is 3.90. The molecular formula is C13H12N4O. The summed E-state index contributed by atoms with van der Waals surface area (Å²) in [6.07, 6.45) is 1.76. The number of aromatic nitrogens is 3. The number of nitrogens with zero attached hydrogens (tertiary/aromatic N) is 3. The molecular weight excluding hydrogens is 228 g/mol. The molecule has 0 atom stereocenters. The van der Waals surface area contributed by atoms with Gasteiger partial charge in [-0.1, -0.05) is 0 Å². The Bertz CT molecular complexity index is 663. The number of fused-ring (bicyclic) bond motifs is 2. The summed E-state index contributed by atoms with van der Waals surface area (Å²) in [6.45, 7) is 0. The summed E-state index contributed by atoms with van der Waals surface area (Å²) < 4.78 is 5.20. The molecule has 1 aromatic carbocycles. The van der Waals surface area contributed by atoms with E-state index in [0.717, 1.165) is 22.0 Å². The van der Waals surface area contributed by atoms with Gasteiger partial charge in [-0.2, -0.15) is 4.98 Å². The minimum atomic E-state index is 0.572. The van der Waals surface area contributed by atoms with Crippen LogP contribution in [0.1, 0.15) is 0 Å². The van der Waals surface area contributed by atoms with Crippen LogP contribution in [0.2, 0.25) is 0 Å². The Morgan fingerprint density at radius 3 is 2.78 bits per heavy atom. The predicted molar refractivity (Wildman–Crippen MR) is 70.9 cm³/mol. The summed E-state index contributed by atoms with van der Waals surface area (Å²) in [5, 5.41) is 4.83. The van der Waals surface area contributed by atoms with Crippen LogP contribution in [0.3, 0.4) is 0 Å². The number of ether oxygens (including phenoxy) is 1. The van der Waals surface area contributed by atoms with E-state index in [-0.39, 0.29) is 0 Å². The molecule has 0 fully saturated rings. The smallest absolute Gasteiger partial charge is 0.224 e. The first-order valence-electron chi connectivity index (χ1n) is 5.59. The highest BCUT2D eigenvalue weighted by Gasteiger charge is 2.04. The zero-order chi connectivity index (χ0) is 12.5. The highest BCUT2D eigenvalue weighted by atomic mass is 16.5. The fourth-order valence-corrected chi connectivity index (χ4v) is 1.85. The van der Waals surface area contributed by atoms with Crippen molar-refractivity contribution in [2.45, 2.75) is 0 Å². The lowest BCUT2D eigenvalue weighted by molar-refractivity contribution is 0.415. The molecule has 0 amide bonds. The van der Waals surface area contributed by atoms with Crippen molar-refractivity contribution in [3.05, 3.63) is 30.5 Å². The van der Waals surface area contributed by atoms with Crippen LogP contribution in [-0.4, -0.2) is 29.1 Å². The molecule has 0 radical (unpaired) electrons. The number of benzene rings is 1. The lowest BCUT2D eigenvalue weighted by Gasteiger charge is -2.04. The number of hydrogen-bond donors (Lipinski definition) is 1. The minimum Gasteiger partial charge on any atom is -0.497 e. The number of methoxy groups -OCH3 is 1. The maximum absolute atomic E-state index is 5.20. The monoisotopic (exact) mass is 240 g/mol. The van der Waals surface area contributed by atoms with Crippen molar-refractivity contribution in [2.24, 2.45) is 0 Å². The molecule has 0 spiro atoms. The zero-order valence-electron chi connectivity index (χ0n) is 10.1. The zero-order valence-corrected chi connectivity index (χ0v) is 10.1. The quantitative estimate of drug-likeness (QED) is 0.696. The minimum absolute atomic E-state index is 0.572. The standard InChI is InChI=1S/C13H12N4O/c1-14-13-15-7-9-5-8-6-10(18-2)3-4-11(8)16-12(9)17-13/h3-7H,1-2H3,(H,14,15,16,17). The molecule has 0 aliphatic heterocycles. The third-order valence-corrected chi connectivity index (χ3v) is 2.79. The van der Waals surface area contributed by atoms with Gasteiger partial charge in [0.1, 0.15) is 5.75 Å². The molecule has 0 saturated heterocycles. The fraction of sp³-hybridized carbons (Fsp3) is 0.154. The van der Waals surface area contributed by atoms with E-state index in [0.29, 0.717) is 11.6 Å². The van der Waals surface area contributed by atoms with E-state index in [1.165, 1.54) is 0 Å². The van der Waals surface area contributed by atoms with Crippen molar-refractivity contribution in [1.82, 2.24) is 15.0 Å². The fourth-order valence-electron chi connectivity index (χ4n) is 1.85. The van der Waals surface area contributed by atoms with Gasteiger partial charge in [-0.15, -0.1) is 0 Å². The number of rotatable bonds is 2. The van der Waals surface area contributed by atoms with Crippen molar-refractivity contribution in [1.29, 1.82) is 0 Å². The molecule has 3 rings (SSSR count). The highest BCUT2D eigenvalue weighted by molar-refractivity contribution is 5.91. The van der Waals surface area contributed by atoms with Crippen LogP contribution in [0.5, 0.6) is 5.75 Å². The highest BCUT2D eigenvalue weighted by Crippen LogP contribution is 2.22. The van der Waals surface area contributed by atoms with E-state index >= 15 is 0 Å². The van der Waals surface area contributed by atoms with Crippen molar-refractivity contribution in [3.8, 4) is 5.75 Å². The van der Waals surface area contributed by atoms with Gasteiger partial charge in [-0.3, -0.25) is 0 Å². The first-order valence-corrected chi connectivity index (χ1v) is 5.59. The molecule has 0 aliphatic carbocycles. The lowest BCUT2D eigenvalue weighted by atomic mass is 10.2. The van der Waals surface area contributed by atoms with E-state index in [1.807, 2.05) is 24.3 Å². The summed E-state index contributed by atoms with van der Waals surface area (Å²) in [6, 6.07) is 7.78. The maximum atomic E-state index is 5.20. The van der Waals surface area contributed by atoms with Crippen LogP contribution in [0, 0.1) is 0 Å². The Labute approximate surface area is 104 Å². The SMILES string of the molecule is CNc1ncc2cc3cc(OC)ccc3nc2n1. The second-order valence-corrected chi connectivity index (χ2v) is 3.90. The van der Waals surface area contributed by atoms with Gasteiger partial charge in [0.25, 0.3) is 0 Å². The predicted octanol–water partition coefficient (Wildman–Crippen LogP) is 2.23. The van der Waals surface area contributed by atoms with Gasteiger partial charge in [0.05, 0.1) is 12.6 Å². The van der Waals surface area contributed by atoms with E-state index in [2.05, 4.69) is 20.3 Å². The van der Waals surface area contributed by atoms with E-state index in [1.54, 1.807) is 20.4 Å². The summed E-state index contributed by atoms with van der Waals surface area (Å²) in [5.74, 6) is 1.39. The van der Waals surface area contributed by atoms with Gasteiger partial charge < -0.3 is 10.1 Å². The molecule has 0 unspecified atom stereocenters. The van der Waals surface area contributed by atoms with Crippen molar-refractivity contribution >= 4 is 27.9 Å². The van der Waals surface area contributed by atoms with Crippen molar-refractivity contribution < 1.29 is 4.74 Å². The summed E-state index contributed by atoms with van der Waals surface area (Å²) in [5.41, 5.74) is 1.58. The van der Waals surface area contributed by atoms with Crippen LogP contribution in [0.25, 0.3) is 21.9 Å². The van der Waals surface area contributed by atoms with E-state index in [9.17, 15) is 0 Å². The molecule has 0 bridgehead atoms. The van der Waals surface area contributed by atoms with Gasteiger partial charge in [0, 0.05) is 24.0 Å². The molecule has 0 saturated carbocycles. The molecule has 5 heteroatoms. The molecule has 90 valence electrons. The molecule has 5 nitrogen and oxygen atoms in total. The van der Waals surface area contributed by atoms with Crippen LogP contribution in [0.4, 0.5) is 5.95 Å². The molecule has 2 aromatic heterocycles. The number of hydrogen-bond acceptors (Lipinski definition) is 5. The molecule has 3 aromatic rings. The maximum Gasteiger partial charge on any atom is 0.224 e. The van der Waals surface area contributed by atoms with E-state index < -0.39 is 0 Å². The molecule has 0 aliphatic rings. The lowest BCUT2D eigenvalue weighted by Crippen LogP contribution is -1.97. The van der Waals surface area contributed by atoms with Crippen LogP contribution >= 0.6 is 0 Å². The van der Waals surface area contributed by atoms with Gasteiger partial charge in [0.15, 0.2) is 5.65 Å². The largest absolute Gasteiger partial charge is 0.497 e. The van der Waals surface area contributed by atoms with Crippen molar-refractivity contribution in [2.75, 3.05) is 19.5 Å². The molecule has 1 N–H and O–H groups in total. The first-order chi connectivity index (χ1) is 8.80. The second kappa shape index (κ2) is 4.10. The third kappa shape index (κ3) is 1.69. The Kier molecular flexibility index (Phi) is 2.44. The van der Waals surface area contributed by atoms with Crippen molar-refractivity contribution in [3.63, 3.8) is 0 Å². The Balaban J connectivity index is 2.28. The van der Waals surface area contributed by atoms with Gasteiger partial charge in [-0.25, -0.2) is 9.97 Å². The van der Waals surface area contributed by atoms with Crippen LogP contribution in [-0.2, 0) is 0 Å². The third-order valence-electron chi connectivity index (χ3n) is 2.79. The summed E-state index contributed by atoms with van der Waals surface area (Å²) >= 11 is 0. The first kappa shape index (κ1) is 10.7. The van der Waals surface area contributed by atoms with Gasteiger partial charge >= 0.3 is 0 Å². The normalized spacial score (nSPS) is 10.8. The van der Waals surface area contributed by atoms with E-state index in [4.69, 9.17) is 4.74 Å². The summed E-state index contributed by atoms with van der Waals surface area (Å²) in [4.78, 5) is 13.0. The molecule has 2 heterocycles. The topological polar surface area (TPSA) is 59.9 Å². The average Bonchev–Trinajstić information content (AvgIpc) is 2.43. The number of nitrogens with one attached hydrogen (secondary N) is 1. The Hall–Kier alpha value is -2.43. The number of anilines is 1. The Morgan fingerprint density at radius 1 is 1.11 bits per heavy atom. The van der Waals surface area contributed by atoms with Crippen LogP contribution in [0.15, 0.2) is 30.5 Å². The van der Waals surface area contributed by atoms with Crippen LogP contribution < -0.4 is 10.1 Å².